The van der Waals surface area contributed by atoms with Crippen LogP contribution in [0.5, 0.6) is 0 Å². The molecule has 98 valence electrons. The van der Waals surface area contributed by atoms with Gasteiger partial charge in [0, 0.05) is 24.6 Å². The summed E-state index contributed by atoms with van der Waals surface area (Å²) in [4.78, 5) is 11.1. The van der Waals surface area contributed by atoms with Crippen molar-refractivity contribution in [2.24, 2.45) is 0 Å². The van der Waals surface area contributed by atoms with E-state index in [9.17, 15) is 0 Å². The van der Waals surface area contributed by atoms with Crippen molar-refractivity contribution in [2.75, 3.05) is 11.4 Å². The monoisotopic (exact) mass is 310 g/mol. The number of anilines is 1. The zero-order valence-corrected chi connectivity index (χ0v) is 12.9. The molecule has 0 bridgehead atoms. The zero-order valence-electron chi connectivity index (χ0n) is 11.3. The van der Waals surface area contributed by atoms with Crippen LogP contribution in [0.25, 0.3) is 0 Å². The van der Waals surface area contributed by atoms with Gasteiger partial charge in [-0.2, -0.15) is 5.26 Å². The van der Waals surface area contributed by atoms with Gasteiger partial charge in [-0.05, 0) is 29.8 Å². The van der Waals surface area contributed by atoms with Gasteiger partial charge in [0.1, 0.15) is 16.2 Å². The lowest BCUT2D eigenvalue weighted by Gasteiger charge is -2.27. The molecule has 4 nitrogen and oxygen atoms in total. The van der Waals surface area contributed by atoms with Crippen molar-refractivity contribution >= 4 is 21.7 Å². The molecule has 0 saturated carbocycles. The van der Waals surface area contributed by atoms with Gasteiger partial charge < -0.3 is 4.90 Å². The van der Waals surface area contributed by atoms with E-state index in [1.807, 2.05) is 6.07 Å². The van der Waals surface area contributed by atoms with Gasteiger partial charge in [-0.15, -0.1) is 0 Å². The Labute approximate surface area is 117 Å². The van der Waals surface area contributed by atoms with Crippen LogP contribution in [0.2, 0.25) is 0 Å². The quantitative estimate of drug-likeness (QED) is 0.781. The molecule has 1 aromatic rings. The lowest BCUT2D eigenvalue weighted by atomic mass is 10.2. The third-order valence-corrected chi connectivity index (χ3v) is 3.00. The average Bonchev–Trinajstić information content (AvgIpc) is 2.28. The van der Waals surface area contributed by atoms with Crippen LogP contribution >= 0.6 is 15.9 Å². The van der Waals surface area contributed by atoms with Gasteiger partial charge in [0.15, 0.2) is 0 Å². The molecular weight excluding hydrogens is 292 g/mol. The molecule has 1 aromatic heterocycles. The van der Waals surface area contributed by atoms with Crippen LogP contribution in [0.15, 0.2) is 10.7 Å². The highest BCUT2D eigenvalue weighted by Crippen LogP contribution is 2.22. The number of halogens is 1. The second-order valence-electron chi connectivity index (χ2n) is 4.76. The third-order valence-electron chi connectivity index (χ3n) is 2.60. The first-order valence-corrected chi connectivity index (χ1v) is 6.93. The number of hydrogen-bond donors (Lipinski definition) is 0. The van der Waals surface area contributed by atoms with E-state index in [0.717, 1.165) is 16.2 Å². The number of nitrogens with zero attached hydrogens (tertiary/aromatic N) is 4. The SMILES string of the molecule is CC(C)c1nc(Br)cc(N(CCC#N)C(C)C)n1. The predicted molar refractivity (Wildman–Crippen MR) is 76.5 cm³/mol. The van der Waals surface area contributed by atoms with Crippen LogP contribution in [-0.4, -0.2) is 22.6 Å². The Bertz CT molecular complexity index is 437. The summed E-state index contributed by atoms with van der Waals surface area (Å²) in [6.07, 6.45) is 0.497. The molecular formula is C13H19BrN4. The number of aromatic nitrogens is 2. The average molecular weight is 311 g/mol. The van der Waals surface area contributed by atoms with Crippen molar-refractivity contribution in [3.63, 3.8) is 0 Å². The molecule has 0 amide bonds. The normalized spacial score (nSPS) is 10.8. The summed E-state index contributed by atoms with van der Waals surface area (Å²) in [5, 5.41) is 8.72. The van der Waals surface area contributed by atoms with Gasteiger partial charge in [0.25, 0.3) is 0 Å². The molecule has 0 aliphatic carbocycles. The highest BCUT2D eigenvalue weighted by atomic mass is 79.9. The highest BCUT2D eigenvalue weighted by Gasteiger charge is 2.15. The minimum Gasteiger partial charge on any atom is -0.353 e. The highest BCUT2D eigenvalue weighted by molar-refractivity contribution is 9.10. The Balaban J connectivity index is 3.08. The summed E-state index contributed by atoms with van der Waals surface area (Å²) < 4.78 is 0.791. The molecule has 0 unspecified atom stereocenters. The molecule has 0 N–H and O–H groups in total. The summed E-state index contributed by atoms with van der Waals surface area (Å²) in [6.45, 7) is 9.03. The fraction of sp³-hybridized carbons (Fsp3) is 0.615. The van der Waals surface area contributed by atoms with Gasteiger partial charge in [-0.3, -0.25) is 0 Å². The smallest absolute Gasteiger partial charge is 0.134 e. The first kappa shape index (κ1) is 14.9. The third kappa shape index (κ3) is 3.95. The molecule has 0 radical (unpaired) electrons. The number of rotatable bonds is 5. The lowest BCUT2D eigenvalue weighted by molar-refractivity contribution is 0.665. The van der Waals surface area contributed by atoms with Gasteiger partial charge in [-0.25, -0.2) is 9.97 Å². The van der Waals surface area contributed by atoms with Gasteiger partial charge in [0.05, 0.1) is 12.5 Å². The molecule has 5 heteroatoms. The van der Waals surface area contributed by atoms with Crippen LogP contribution in [0.4, 0.5) is 5.82 Å². The Morgan fingerprint density at radius 2 is 2.00 bits per heavy atom. The molecule has 0 aliphatic heterocycles. The van der Waals surface area contributed by atoms with Crippen molar-refractivity contribution in [1.82, 2.24) is 9.97 Å². The van der Waals surface area contributed by atoms with E-state index in [4.69, 9.17) is 5.26 Å². The second kappa shape index (κ2) is 6.69. The fourth-order valence-electron chi connectivity index (χ4n) is 1.64. The minimum atomic E-state index is 0.284. The Morgan fingerprint density at radius 3 is 2.50 bits per heavy atom. The predicted octanol–water partition coefficient (Wildman–Crippen LogP) is 3.49. The number of hydrogen-bond acceptors (Lipinski definition) is 4. The maximum Gasteiger partial charge on any atom is 0.134 e. The second-order valence-corrected chi connectivity index (χ2v) is 5.57. The van der Waals surface area contributed by atoms with E-state index in [2.05, 4.69) is 64.6 Å². The van der Waals surface area contributed by atoms with E-state index in [0.29, 0.717) is 19.0 Å². The van der Waals surface area contributed by atoms with Crippen molar-refractivity contribution in [2.45, 2.75) is 46.1 Å². The molecule has 0 aromatic carbocycles. The lowest BCUT2D eigenvalue weighted by Crippen LogP contribution is -2.32. The van der Waals surface area contributed by atoms with E-state index < -0.39 is 0 Å². The molecule has 0 saturated heterocycles. The van der Waals surface area contributed by atoms with Crippen molar-refractivity contribution in [1.29, 1.82) is 5.26 Å². The van der Waals surface area contributed by atoms with E-state index in [1.54, 1.807) is 0 Å². The summed E-state index contributed by atoms with van der Waals surface area (Å²) in [6, 6.07) is 4.39. The van der Waals surface area contributed by atoms with Crippen LogP contribution in [0, 0.1) is 11.3 Å². The van der Waals surface area contributed by atoms with Gasteiger partial charge >= 0.3 is 0 Å². The van der Waals surface area contributed by atoms with Crippen LogP contribution in [-0.2, 0) is 0 Å². The van der Waals surface area contributed by atoms with Crippen LogP contribution in [0.1, 0.15) is 45.9 Å². The molecule has 18 heavy (non-hydrogen) atoms. The van der Waals surface area contributed by atoms with Crippen molar-refractivity contribution in [3.05, 3.63) is 16.5 Å². The first-order valence-electron chi connectivity index (χ1n) is 6.13. The molecule has 0 atom stereocenters. The molecule has 0 fully saturated rings. The Morgan fingerprint density at radius 1 is 1.33 bits per heavy atom. The maximum absolute atomic E-state index is 8.72. The Hall–Kier alpha value is -1.15. The molecule has 0 spiro atoms. The van der Waals surface area contributed by atoms with E-state index in [1.165, 1.54) is 0 Å². The summed E-state index contributed by atoms with van der Waals surface area (Å²) in [5.74, 6) is 1.99. The minimum absolute atomic E-state index is 0.284. The van der Waals surface area contributed by atoms with E-state index >= 15 is 0 Å². The summed E-state index contributed by atoms with van der Waals surface area (Å²) in [7, 11) is 0. The van der Waals surface area contributed by atoms with Crippen LogP contribution in [0.3, 0.4) is 0 Å². The summed E-state index contributed by atoms with van der Waals surface area (Å²) in [5.41, 5.74) is 0. The first-order chi connectivity index (χ1) is 8.45. The van der Waals surface area contributed by atoms with Crippen molar-refractivity contribution < 1.29 is 0 Å². The van der Waals surface area contributed by atoms with Gasteiger partial charge in [0.2, 0.25) is 0 Å². The Kier molecular flexibility index (Phi) is 5.54. The van der Waals surface area contributed by atoms with Crippen LogP contribution < -0.4 is 4.90 Å². The number of nitriles is 1. The fourth-order valence-corrected chi connectivity index (χ4v) is 2.02. The zero-order chi connectivity index (χ0) is 13.7. The standard InChI is InChI=1S/C13H19BrN4/c1-9(2)13-16-11(14)8-12(17-13)18(10(3)4)7-5-6-15/h8-10H,5,7H2,1-4H3. The molecule has 1 rings (SSSR count). The largest absolute Gasteiger partial charge is 0.353 e. The van der Waals surface area contributed by atoms with Gasteiger partial charge in [-0.1, -0.05) is 13.8 Å². The van der Waals surface area contributed by atoms with Crippen molar-refractivity contribution in [3.8, 4) is 6.07 Å². The van der Waals surface area contributed by atoms with E-state index in [-0.39, 0.29) is 5.92 Å². The molecule has 0 aliphatic rings. The molecule has 1 heterocycles. The summed E-state index contributed by atoms with van der Waals surface area (Å²) >= 11 is 3.42. The maximum atomic E-state index is 8.72. The topological polar surface area (TPSA) is 52.8 Å².